The van der Waals surface area contributed by atoms with Crippen LogP contribution in [-0.2, 0) is 4.79 Å². The molecule has 0 aliphatic heterocycles. The third-order valence-corrected chi connectivity index (χ3v) is 3.95. The summed E-state index contributed by atoms with van der Waals surface area (Å²) in [4.78, 5) is 20.0. The summed E-state index contributed by atoms with van der Waals surface area (Å²) in [6, 6.07) is 11.5. The molecule has 3 aromatic rings. The van der Waals surface area contributed by atoms with Gasteiger partial charge in [-0.1, -0.05) is 12.1 Å². The van der Waals surface area contributed by atoms with Crippen LogP contribution in [0.1, 0.15) is 13.8 Å². The van der Waals surface area contributed by atoms with Gasteiger partial charge in [0.15, 0.2) is 11.5 Å². The lowest BCUT2D eigenvalue weighted by atomic mass is 10.0. The van der Waals surface area contributed by atoms with E-state index in [4.69, 9.17) is 14.2 Å². The number of nitrogens with zero attached hydrogens (tertiary/aromatic N) is 2. The van der Waals surface area contributed by atoms with Gasteiger partial charge in [0.05, 0.1) is 31.7 Å². The molecule has 0 radical (unpaired) electrons. The normalized spacial score (nSPS) is 10.5. The molecular formula is C20H21N3O4. The van der Waals surface area contributed by atoms with E-state index in [2.05, 4.69) is 15.3 Å². The highest BCUT2D eigenvalue weighted by molar-refractivity contribution is 5.92. The first kappa shape index (κ1) is 18.4. The maximum atomic E-state index is 11.3. The molecule has 1 heterocycles. The van der Waals surface area contributed by atoms with Crippen molar-refractivity contribution in [1.82, 2.24) is 9.97 Å². The Morgan fingerprint density at radius 1 is 1.00 bits per heavy atom. The van der Waals surface area contributed by atoms with Crippen LogP contribution in [0.2, 0.25) is 0 Å². The van der Waals surface area contributed by atoms with Crippen molar-refractivity contribution in [1.29, 1.82) is 0 Å². The number of anilines is 1. The summed E-state index contributed by atoms with van der Waals surface area (Å²) in [7, 11) is 3.21. The molecule has 0 unspecified atom stereocenters. The first-order chi connectivity index (χ1) is 13.0. The van der Waals surface area contributed by atoms with Crippen molar-refractivity contribution >= 4 is 22.8 Å². The quantitative estimate of drug-likeness (QED) is 0.716. The van der Waals surface area contributed by atoms with Crippen molar-refractivity contribution in [2.45, 2.75) is 13.8 Å². The van der Waals surface area contributed by atoms with Gasteiger partial charge in [-0.2, -0.15) is 4.98 Å². The molecule has 0 spiro atoms. The van der Waals surface area contributed by atoms with Gasteiger partial charge in [-0.15, -0.1) is 0 Å². The SMILES string of the molecule is CCOc1nc(NC(C)=O)nc2ccc(-c3ccc(OC)c(OC)c3)cc12. The molecule has 0 saturated heterocycles. The molecular weight excluding hydrogens is 346 g/mol. The van der Waals surface area contributed by atoms with Crippen molar-refractivity contribution < 1.29 is 19.0 Å². The van der Waals surface area contributed by atoms with Crippen molar-refractivity contribution in [3.8, 4) is 28.5 Å². The molecule has 0 fully saturated rings. The van der Waals surface area contributed by atoms with Crippen molar-refractivity contribution in [3.63, 3.8) is 0 Å². The number of amides is 1. The van der Waals surface area contributed by atoms with Crippen LogP contribution in [0, 0.1) is 0 Å². The van der Waals surface area contributed by atoms with Gasteiger partial charge in [-0.25, -0.2) is 4.98 Å². The number of carbonyl (C=O) groups is 1. The summed E-state index contributed by atoms with van der Waals surface area (Å²) in [5.74, 6) is 1.72. The van der Waals surface area contributed by atoms with Gasteiger partial charge in [-0.05, 0) is 42.3 Å². The van der Waals surface area contributed by atoms with E-state index in [0.717, 1.165) is 16.5 Å². The van der Waals surface area contributed by atoms with Crippen molar-refractivity contribution in [3.05, 3.63) is 36.4 Å². The molecule has 3 rings (SSSR count). The van der Waals surface area contributed by atoms with Gasteiger partial charge in [-0.3, -0.25) is 10.1 Å². The van der Waals surface area contributed by atoms with E-state index in [1.165, 1.54) is 6.92 Å². The largest absolute Gasteiger partial charge is 0.493 e. The van der Waals surface area contributed by atoms with E-state index >= 15 is 0 Å². The second-order valence-electron chi connectivity index (χ2n) is 5.77. The Labute approximate surface area is 157 Å². The Kier molecular flexibility index (Phi) is 5.40. The Morgan fingerprint density at radius 3 is 2.37 bits per heavy atom. The predicted molar refractivity (Wildman–Crippen MR) is 104 cm³/mol. The zero-order chi connectivity index (χ0) is 19.4. The minimum atomic E-state index is -0.237. The zero-order valence-corrected chi connectivity index (χ0v) is 15.7. The van der Waals surface area contributed by atoms with Crippen LogP contribution in [0.3, 0.4) is 0 Å². The summed E-state index contributed by atoms with van der Waals surface area (Å²) >= 11 is 0. The van der Waals surface area contributed by atoms with Gasteiger partial charge in [0.25, 0.3) is 0 Å². The molecule has 0 aliphatic rings. The number of ether oxygens (including phenoxy) is 3. The lowest BCUT2D eigenvalue weighted by Crippen LogP contribution is -2.10. The smallest absolute Gasteiger partial charge is 0.233 e. The monoisotopic (exact) mass is 367 g/mol. The van der Waals surface area contributed by atoms with E-state index in [1.54, 1.807) is 14.2 Å². The second kappa shape index (κ2) is 7.90. The molecule has 0 saturated carbocycles. The second-order valence-corrected chi connectivity index (χ2v) is 5.77. The number of carbonyl (C=O) groups excluding carboxylic acids is 1. The average molecular weight is 367 g/mol. The molecule has 2 aromatic carbocycles. The summed E-state index contributed by atoms with van der Waals surface area (Å²) in [5, 5.41) is 3.36. The average Bonchev–Trinajstić information content (AvgIpc) is 2.67. The van der Waals surface area contributed by atoms with Crippen LogP contribution in [-0.4, -0.2) is 36.7 Å². The third-order valence-electron chi connectivity index (χ3n) is 3.95. The van der Waals surface area contributed by atoms with Gasteiger partial charge >= 0.3 is 0 Å². The van der Waals surface area contributed by atoms with Crippen LogP contribution in [0.15, 0.2) is 36.4 Å². The first-order valence-electron chi connectivity index (χ1n) is 8.50. The van der Waals surface area contributed by atoms with Crippen LogP contribution in [0.5, 0.6) is 17.4 Å². The van der Waals surface area contributed by atoms with Crippen LogP contribution >= 0.6 is 0 Å². The van der Waals surface area contributed by atoms with Gasteiger partial charge in [0.1, 0.15) is 0 Å². The molecule has 27 heavy (non-hydrogen) atoms. The summed E-state index contributed by atoms with van der Waals surface area (Å²) in [6.07, 6.45) is 0. The fourth-order valence-electron chi connectivity index (χ4n) is 2.76. The van der Waals surface area contributed by atoms with E-state index in [-0.39, 0.29) is 11.9 Å². The Hall–Kier alpha value is -3.35. The van der Waals surface area contributed by atoms with E-state index in [0.29, 0.717) is 29.5 Å². The van der Waals surface area contributed by atoms with Crippen molar-refractivity contribution in [2.75, 3.05) is 26.1 Å². The van der Waals surface area contributed by atoms with Gasteiger partial charge < -0.3 is 14.2 Å². The van der Waals surface area contributed by atoms with Crippen LogP contribution in [0.25, 0.3) is 22.0 Å². The standard InChI is InChI=1S/C20H21N3O4/c1-5-27-19-15-10-13(14-7-9-17(25-3)18(11-14)26-4)6-8-16(15)22-20(23-19)21-12(2)24/h6-11H,5H2,1-4H3,(H,21,22,23,24). The zero-order valence-electron chi connectivity index (χ0n) is 15.7. The fourth-order valence-corrected chi connectivity index (χ4v) is 2.76. The molecule has 7 heteroatoms. The molecule has 140 valence electrons. The number of hydrogen-bond acceptors (Lipinski definition) is 6. The summed E-state index contributed by atoms with van der Waals surface area (Å²) in [6.45, 7) is 3.74. The topological polar surface area (TPSA) is 82.6 Å². The highest BCUT2D eigenvalue weighted by Gasteiger charge is 2.12. The molecule has 0 atom stereocenters. The number of methoxy groups -OCH3 is 2. The predicted octanol–water partition coefficient (Wildman–Crippen LogP) is 3.67. The van der Waals surface area contributed by atoms with Crippen LogP contribution < -0.4 is 19.5 Å². The first-order valence-corrected chi connectivity index (χ1v) is 8.50. The Balaban J connectivity index is 2.11. The van der Waals surface area contributed by atoms with Crippen LogP contribution in [0.4, 0.5) is 5.95 Å². The Morgan fingerprint density at radius 2 is 1.70 bits per heavy atom. The summed E-state index contributed by atoms with van der Waals surface area (Å²) < 4.78 is 16.3. The molecule has 0 bridgehead atoms. The summed E-state index contributed by atoms with van der Waals surface area (Å²) in [5.41, 5.74) is 2.60. The Bertz CT molecular complexity index is 988. The van der Waals surface area contributed by atoms with E-state index in [9.17, 15) is 4.79 Å². The maximum absolute atomic E-state index is 11.3. The highest BCUT2D eigenvalue weighted by Crippen LogP contribution is 2.34. The molecule has 1 amide bonds. The lowest BCUT2D eigenvalue weighted by molar-refractivity contribution is -0.114. The minimum Gasteiger partial charge on any atom is -0.493 e. The number of fused-ring (bicyclic) bond motifs is 1. The lowest BCUT2D eigenvalue weighted by Gasteiger charge is -2.12. The molecule has 0 aliphatic carbocycles. The van der Waals surface area contributed by atoms with Gasteiger partial charge in [0.2, 0.25) is 17.7 Å². The number of aromatic nitrogens is 2. The van der Waals surface area contributed by atoms with E-state index < -0.39 is 0 Å². The number of nitrogens with one attached hydrogen (secondary N) is 1. The minimum absolute atomic E-state index is 0.220. The number of benzene rings is 2. The molecule has 1 N–H and O–H groups in total. The fraction of sp³-hybridized carbons (Fsp3) is 0.250. The molecule has 7 nitrogen and oxygen atoms in total. The number of hydrogen-bond donors (Lipinski definition) is 1. The van der Waals surface area contributed by atoms with Crippen molar-refractivity contribution in [2.24, 2.45) is 0 Å². The highest BCUT2D eigenvalue weighted by atomic mass is 16.5. The molecule has 1 aromatic heterocycles. The number of rotatable bonds is 6. The van der Waals surface area contributed by atoms with Gasteiger partial charge in [0, 0.05) is 6.92 Å². The third kappa shape index (κ3) is 3.92. The van der Waals surface area contributed by atoms with E-state index in [1.807, 2.05) is 43.3 Å². The maximum Gasteiger partial charge on any atom is 0.233 e.